The maximum absolute atomic E-state index is 4.58. The summed E-state index contributed by atoms with van der Waals surface area (Å²) in [7, 11) is 2.01. The molecular formula is C13H17N3. The van der Waals surface area contributed by atoms with Crippen LogP contribution < -0.4 is 5.32 Å². The molecule has 3 rings (SSSR count). The highest BCUT2D eigenvalue weighted by atomic mass is 15.3. The number of para-hydroxylation sites is 1. The van der Waals surface area contributed by atoms with Gasteiger partial charge in [0.1, 0.15) is 0 Å². The SMILES string of the molecule is Cn1nc(CCNC2CC2)c2ccccc21. The Morgan fingerprint density at radius 1 is 1.38 bits per heavy atom. The maximum atomic E-state index is 4.58. The first-order valence-electron chi connectivity index (χ1n) is 5.98. The monoisotopic (exact) mass is 215 g/mol. The Labute approximate surface area is 95.5 Å². The molecule has 2 aromatic rings. The van der Waals surface area contributed by atoms with Crippen molar-refractivity contribution >= 4 is 10.9 Å². The largest absolute Gasteiger partial charge is 0.314 e. The van der Waals surface area contributed by atoms with Gasteiger partial charge >= 0.3 is 0 Å². The fraction of sp³-hybridized carbons (Fsp3) is 0.462. The minimum atomic E-state index is 0.787. The fourth-order valence-corrected chi connectivity index (χ4v) is 2.16. The number of fused-ring (bicyclic) bond motifs is 1. The van der Waals surface area contributed by atoms with Crippen LogP contribution >= 0.6 is 0 Å². The van der Waals surface area contributed by atoms with Gasteiger partial charge < -0.3 is 5.32 Å². The van der Waals surface area contributed by atoms with E-state index in [9.17, 15) is 0 Å². The summed E-state index contributed by atoms with van der Waals surface area (Å²) in [6.45, 7) is 1.05. The lowest BCUT2D eigenvalue weighted by atomic mass is 10.1. The van der Waals surface area contributed by atoms with E-state index in [4.69, 9.17) is 0 Å². The molecule has 0 amide bonds. The molecule has 1 aromatic carbocycles. The van der Waals surface area contributed by atoms with Crippen LogP contribution in [0.3, 0.4) is 0 Å². The lowest BCUT2D eigenvalue weighted by Gasteiger charge is -1.99. The topological polar surface area (TPSA) is 29.9 Å². The normalized spacial score (nSPS) is 15.8. The van der Waals surface area contributed by atoms with E-state index in [-0.39, 0.29) is 0 Å². The summed E-state index contributed by atoms with van der Waals surface area (Å²) in [4.78, 5) is 0. The van der Waals surface area contributed by atoms with Crippen molar-refractivity contribution in [2.45, 2.75) is 25.3 Å². The van der Waals surface area contributed by atoms with Crippen molar-refractivity contribution in [3.05, 3.63) is 30.0 Å². The molecule has 0 spiro atoms. The first kappa shape index (κ1) is 9.85. The molecule has 3 heteroatoms. The van der Waals surface area contributed by atoms with Crippen molar-refractivity contribution in [2.75, 3.05) is 6.54 Å². The van der Waals surface area contributed by atoms with E-state index >= 15 is 0 Å². The number of hydrogen-bond donors (Lipinski definition) is 1. The Morgan fingerprint density at radius 3 is 3.00 bits per heavy atom. The highest BCUT2D eigenvalue weighted by molar-refractivity contribution is 5.81. The third kappa shape index (κ3) is 1.83. The number of hydrogen-bond acceptors (Lipinski definition) is 2. The standard InChI is InChI=1S/C13H17N3/c1-16-13-5-3-2-4-11(13)12(15-16)8-9-14-10-6-7-10/h2-5,10,14H,6-9H2,1H3. The zero-order valence-corrected chi connectivity index (χ0v) is 9.61. The first-order valence-corrected chi connectivity index (χ1v) is 5.98. The van der Waals surface area contributed by atoms with E-state index in [1.165, 1.54) is 29.4 Å². The van der Waals surface area contributed by atoms with Crippen LogP contribution in [0.25, 0.3) is 10.9 Å². The molecule has 0 radical (unpaired) electrons. The molecule has 16 heavy (non-hydrogen) atoms. The van der Waals surface area contributed by atoms with Gasteiger partial charge in [-0.1, -0.05) is 18.2 Å². The second-order valence-corrected chi connectivity index (χ2v) is 4.57. The number of aromatic nitrogens is 2. The van der Waals surface area contributed by atoms with Gasteiger partial charge in [0.05, 0.1) is 11.2 Å². The van der Waals surface area contributed by atoms with Crippen molar-refractivity contribution in [3.8, 4) is 0 Å². The molecule has 1 saturated carbocycles. The maximum Gasteiger partial charge on any atom is 0.0715 e. The summed E-state index contributed by atoms with van der Waals surface area (Å²) >= 11 is 0. The molecule has 0 unspecified atom stereocenters. The van der Waals surface area contributed by atoms with E-state index in [1.807, 2.05) is 11.7 Å². The molecule has 0 aliphatic heterocycles. The Bertz CT molecular complexity index is 497. The number of nitrogens with one attached hydrogen (secondary N) is 1. The van der Waals surface area contributed by atoms with Gasteiger partial charge in [0.15, 0.2) is 0 Å². The molecule has 1 aliphatic carbocycles. The third-order valence-corrected chi connectivity index (χ3v) is 3.21. The van der Waals surface area contributed by atoms with Crippen molar-refractivity contribution in [1.29, 1.82) is 0 Å². The van der Waals surface area contributed by atoms with Gasteiger partial charge in [0.25, 0.3) is 0 Å². The minimum Gasteiger partial charge on any atom is -0.314 e. The van der Waals surface area contributed by atoms with Gasteiger partial charge in [-0.05, 0) is 18.9 Å². The summed E-state index contributed by atoms with van der Waals surface area (Å²) in [6.07, 6.45) is 3.73. The van der Waals surface area contributed by atoms with Crippen LogP contribution in [0.1, 0.15) is 18.5 Å². The van der Waals surface area contributed by atoms with Crippen LogP contribution in [0.5, 0.6) is 0 Å². The lowest BCUT2D eigenvalue weighted by molar-refractivity contribution is 0.665. The summed E-state index contributed by atoms with van der Waals surface area (Å²) in [5.74, 6) is 0. The van der Waals surface area contributed by atoms with Crippen LogP contribution in [0.15, 0.2) is 24.3 Å². The van der Waals surface area contributed by atoms with Crippen molar-refractivity contribution in [3.63, 3.8) is 0 Å². The van der Waals surface area contributed by atoms with Gasteiger partial charge in [0.2, 0.25) is 0 Å². The van der Waals surface area contributed by atoms with Crippen LogP contribution in [0.4, 0.5) is 0 Å². The summed E-state index contributed by atoms with van der Waals surface area (Å²) in [6, 6.07) is 9.22. The zero-order valence-electron chi connectivity index (χ0n) is 9.61. The average Bonchev–Trinajstić information content (AvgIpc) is 3.06. The molecule has 0 bridgehead atoms. The van der Waals surface area contributed by atoms with E-state index in [1.54, 1.807) is 0 Å². The molecule has 1 aromatic heterocycles. The van der Waals surface area contributed by atoms with Gasteiger partial charge in [-0.15, -0.1) is 0 Å². The van der Waals surface area contributed by atoms with Crippen LogP contribution in [0.2, 0.25) is 0 Å². The molecule has 1 fully saturated rings. The third-order valence-electron chi connectivity index (χ3n) is 3.21. The quantitative estimate of drug-likeness (QED) is 0.843. The smallest absolute Gasteiger partial charge is 0.0715 e. The summed E-state index contributed by atoms with van der Waals surface area (Å²) < 4.78 is 1.97. The first-order chi connectivity index (χ1) is 7.84. The van der Waals surface area contributed by atoms with Gasteiger partial charge in [-0.2, -0.15) is 5.10 Å². The molecule has 0 atom stereocenters. The Balaban J connectivity index is 1.79. The molecule has 0 saturated heterocycles. The minimum absolute atomic E-state index is 0.787. The highest BCUT2D eigenvalue weighted by Gasteiger charge is 2.20. The zero-order chi connectivity index (χ0) is 11.0. The van der Waals surface area contributed by atoms with E-state index in [0.717, 1.165) is 19.0 Å². The summed E-state index contributed by atoms with van der Waals surface area (Å²) in [5, 5.41) is 9.41. The highest BCUT2D eigenvalue weighted by Crippen LogP contribution is 2.20. The van der Waals surface area contributed by atoms with Crippen molar-refractivity contribution < 1.29 is 0 Å². The molecule has 1 heterocycles. The number of benzene rings is 1. The summed E-state index contributed by atoms with van der Waals surface area (Å²) in [5.41, 5.74) is 2.44. The van der Waals surface area contributed by atoms with E-state index in [2.05, 4.69) is 34.7 Å². The number of nitrogens with zero attached hydrogens (tertiary/aromatic N) is 2. The van der Waals surface area contributed by atoms with Crippen LogP contribution in [-0.2, 0) is 13.5 Å². The Kier molecular flexibility index (Phi) is 2.40. The Hall–Kier alpha value is -1.35. The predicted octanol–water partition coefficient (Wildman–Crippen LogP) is 1.87. The van der Waals surface area contributed by atoms with E-state index < -0.39 is 0 Å². The number of rotatable bonds is 4. The molecule has 1 aliphatic rings. The molecular weight excluding hydrogens is 198 g/mol. The Morgan fingerprint density at radius 2 is 2.19 bits per heavy atom. The molecule has 84 valence electrons. The van der Waals surface area contributed by atoms with E-state index in [0.29, 0.717) is 0 Å². The van der Waals surface area contributed by atoms with Crippen LogP contribution in [-0.4, -0.2) is 22.4 Å². The van der Waals surface area contributed by atoms with Gasteiger partial charge in [0, 0.05) is 31.4 Å². The predicted molar refractivity (Wildman–Crippen MR) is 65.4 cm³/mol. The average molecular weight is 215 g/mol. The fourth-order valence-electron chi connectivity index (χ4n) is 2.16. The molecule has 3 nitrogen and oxygen atoms in total. The van der Waals surface area contributed by atoms with Gasteiger partial charge in [-0.3, -0.25) is 4.68 Å². The number of aryl methyl sites for hydroxylation is 1. The second-order valence-electron chi connectivity index (χ2n) is 4.57. The second kappa shape index (κ2) is 3.91. The molecule has 1 N–H and O–H groups in total. The van der Waals surface area contributed by atoms with Crippen molar-refractivity contribution in [2.24, 2.45) is 7.05 Å². The van der Waals surface area contributed by atoms with Crippen LogP contribution in [0, 0.1) is 0 Å². The van der Waals surface area contributed by atoms with Gasteiger partial charge in [-0.25, -0.2) is 0 Å². The lowest BCUT2D eigenvalue weighted by Crippen LogP contribution is -2.19. The van der Waals surface area contributed by atoms with Crippen molar-refractivity contribution in [1.82, 2.24) is 15.1 Å².